The van der Waals surface area contributed by atoms with Crippen molar-refractivity contribution < 1.29 is 4.79 Å². The molecule has 2 fully saturated rings. The molecule has 2 amide bonds. The average molecular weight is 293 g/mol. The Labute approximate surface area is 129 Å². The molecule has 4 nitrogen and oxygen atoms in total. The number of amides is 2. The zero-order valence-corrected chi connectivity index (χ0v) is 13.5. The predicted octanol–water partition coefficient (Wildman–Crippen LogP) is 3.00. The van der Waals surface area contributed by atoms with Gasteiger partial charge in [0.15, 0.2) is 0 Å². The number of piperidine rings is 1. The number of carbonyl (C=O) groups is 1. The minimum Gasteiger partial charge on any atom is -0.335 e. The van der Waals surface area contributed by atoms with Crippen molar-refractivity contribution in [1.29, 1.82) is 0 Å². The second kappa shape index (κ2) is 8.42. The van der Waals surface area contributed by atoms with E-state index in [4.69, 9.17) is 0 Å². The third-order valence-corrected chi connectivity index (χ3v) is 4.92. The molecule has 1 aliphatic heterocycles. The van der Waals surface area contributed by atoms with Crippen LogP contribution in [0.3, 0.4) is 0 Å². The van der Waals surface area contributed by atoms with Crippen LogP contribution in [0.2, 0.25) is 0 Å². The first-order valence-electron chi connectivity index (χ1n) is 8.65. The van der Waals surface area contributed by atoms with Gasteiger partial charge in [0.25, 0.3) is 0 Å². The highest BCUT2D eigenvalue weighted by atomic mass is 16.2. The maximum absolute atomic E-state index is 12.5. The van der Waals surface area contributed by atoms with E-state index in [1.54, 1.807) is 0 Å². The number of hydrogen-bond acceptors (Lipinski definition) is 2. The monoisotopic (exact) mass is 293 g/mol. The first kappa shape index (κ1) is 16.3. The molecule has 0 bridgehead atoms. The van der Waals surface area contributed by atoms with E-state index in [-0.39, 0.29) is 6.03 Å². The fraction of sp³-hybridized carbons (Fsp3) is 0.824. The highest BCUT2D eigenvalue weighted by molar-refractivity contribution is 5.74. The second-order valence-corrected chi connectivity index (χ2v) is 6.39. The van der Waals surface area contributed by atoms with Crippen molar-refractivity contribution in [3.05, 3.63) is 12.7 Å². The Kier molecular flexibility index (Phi) is 6.55. The molecular weight excluding hydrogens is 262 g/mol. The van der Waals surface area contributed by atoms with Gasteiger partial charge in [0.2, 0.25) is 0 Å². The van der Waals surface area contributed by atoms with Crippen LogP contribution < -0.4 is 5.32 Å². The summed E-state index contributed by atoms with van der Waals surface area (Å²) < 4.78 is 0. The molecule has 1 N–H and O–H groups in total. The molecule has 2 rings (SSSR count). The Balaban J connectivity index is 1.78. The Morgan fingerprint density at radius 2 is 1.90 bits per heavy atom. The Hall–Kier alpha value is -1.03. The molecule has 0 radical (unpaired) electrons. The number of likely N-dealkylation sites (tertiary alicyclic amines) is 1. The lowest BCUT2D eigenvalue weighted by Gasteiger charge is -2.36. The molecule has 21 heavy (non-hydrogen) atoms. The van der Waals surface area contributed by atoms with Gasteiger partial charge in [-0.3, -0.25) is 4.90 Å². The van der Waals surface area contributed by atoms with Gasteiger partial charge in [0.05, 0.1) is 0 Å². The lowest BCUT2D eigenvalue weighted by molar-refractivity contribution is 0.148. The van der Waals surface area contributed by atoms with Crippen LogP contribution in [0.4, 0.5) is 4.79 Å². The van der Waals surface area contributed by atoms with Crippen molar-refractivity contribution in [3.8, 4) is 0 Å². The molecule has 0 spiro atoms. The summed E-state index contributed by atoms with van der Waals surface area (Å²) in [6, 6.07) is 0.965. The molecule has 120 valence electrons. The Morgan fingerprint density at radius 3 is 2.48 bits per heavy atom. The van der Waals surface area contributed by atoms with Crippen LogP contribution >= 0.6 is 0 Å². The van der Waals surface area contributed by atoms with Gasteiger partial charge < -0.3 is 10.2 Å². The molecule has 0 aromatic heterocycles. The summed E-state index contributed by atoms with van der Waals surface area (Å²) in [7, 11) is 0. The van der Waals surface area contributed by atoms with Crippen LogP contribution in [0.1, 0.15) is 51.9 Å². The van der Waals surface area contributed by atoms with E-state index in [0.717, 1.165) is 39.0 Å². The van der Waals surface area contributed by atoms with E-state index in [2.05, 4.69) is 28.6 Å². The van der Waals surface area contributed by atoms with Gasteiger partial charge >= 0.3 is 6.03 Å². The van der Waals surface area contributed by atoms with Gasteiger partial charge in [-0.2, -0.15) is 0 Å². The number of rotatable bonds is 5. The number of nitrogens with one attached hydrogen (secondary N) is 1. The van der Waals surface area contributed by atoms with Gasteiger partial charge in [-0.05, 0) is 32.6 Å². The summed E-state index contributed by atoms with van der Waals surface area (Å²) in [5, 5.41) is 3.26. The molecule has 1 aliphatic carbocycles. The number of carbonyl (C=O) groups excluding carboxylic acids is 1. The van der Waals surface area contributed by atoms with Crippen LogP contribution in [0.5, 0.6) is 0 Å². The van der Waals surface area contributed by atoms with Gasteiger partial charge in [-0.25, -0.2) is 4.79 Å². The van der Waals surface area contributed by atoms with Crippen molar-refractivity contribution in [3.63, 3.8) is 0 Å². The fourth-order valence-electron chi connectivity index (χ4n) is 3.66. The van der Waals surface area contributed by atoms with E-state index in [1.165, 1.54) is 32.1 Å². The first-order valence-corrected chi connectivity index (χ1v) is 8.65. The molecule has 1 saturated heterocycles. The standard InChI is InChI=1S/C17H31N3O/c1-3-12-19-13-10-15(11-14-19)18-17(21)20(4-2)16-8-6-5-7-9-16/h3,15-16H,1,4-14H2,2H3,(H,18,21). The molecule has 4 heteroatoms. The summed E-state index contributed by atoms with van der Waals surface area (Å²) in [5.41, 5.74) is 0. The molecule has 0 atom stereocenters. The maximum Gasteiger partial charge on any atom is 0.317 e. The lowest BCUT2D eigenvalue weighted by Crippen LogP contribution is -2.52. The summed E-state index contributed by atoms with van der Waals surface area (Å²) in [5.74, 6) is 0. The molecular formula is C17H31N3O. The van der Waals surface area contributed by atoms with E-state index in [0.29, 0.717) is 12.1 Å². The minimum atomic E-state index is 0.159. The van der Waals surface area contributed by atoms with Crippen molar-refractivity contribution in [2.45, 2.75) is 64.0 Å². The molecule has 0 unspecified atom stereocenters. The van der Waals surface area contributed by atoms with E-state index < -0.39 is 0 Å². The van der Waals surface area contributed by atoms with Gasteiger partial charge in [-0.15, -0.1) is 6.58 Å². The Morgan fingerprint density at radius 1 is 1.24 bits per heavy atom. The topological polar surface area (TPSA) is 35.6 Å². The third kappa shape index (κ3) is 4.73. The SMILES string of the molecule is C=CCN1CCC(NC(=O)N(CC)C2CCCCC2)CC1. The maximum atomic E-state index is 12.5. The lowest BCUT2D eigenvalue weighted by atomic mass is 9.94. The van der Waals surface area contributed by atoms with Crippen LogP contribution in [0, 0.1) is 0 Å². The van der Waals surface area contributed by atoms with Crippen LogP contribution in [-0.2, 0) is 0 Å². The zero-order chi connectivity index (χ0) is 15.1. The molecule has 1 saturated carbocycles. The van der Waals surface area contributed by atoms with Crippen LogP contribution in [0.15, 0.2) is 12.7 Å². The molecule has 2 aliphatic rings. The van der Waals surface area contributed by atoms with Gasteiger partial charge in [-0.1, -0.05) is 25.3 Å². The zero-order valence-electron chi connectivity index (χ0n) is 13.5. The summed E-state index contributed by atoms with van der Waals surface area (Å²) in [6.45, 7) is 9.80. The van der Waals surface area contributed by atoms with Crippen molar-refractivity contribution in [2.75, 3.05) is 26.2 Å². The largest absolute Gasteiger partial charge is 0.335 e. The number of nitrogens with zero attached hydrogens (tertiary/aromatic N) is 2. The quantitative estimate of drug-likeness (QED) is 0.791. The minimum absolute atomic E-state index is 0.159. The number of hydrogen-bond donors (Lipinski definition) is 1. The summed E-state index contributed by atoms with van der Waals surface area (Å²) >= 11 is 0. The van der Waals surface area contributed by atoms with Crippen LogP contribution in [0.25, 0.3) is 0 Å². The molecule has 1 heterocycles. The van der Waals surface area contributed by atoms with Gasteiger partial charge in [0.1, 0.15) is 0 Å². The first-order chi connectivity index (χ1) is 10.2. The van der Waals surface area contributed by atoms with E-state index in [9.17, 15) is 4.79 Å². The highest BCUT2D eigenvalue weighted by Crippen LogP contribution is 2.22. The van der Waals surface area contributed by atoms with Gasteiger partial charge in [0, 0.05) is 38.3 Å². The van der Waals surface area contributed by atoms with Crippen molar-refractivity contribution in [1.82, 2.24) is 15.1 Å². The highest BCUT2D eigenvalue weighted by Gasteiger charge is 2.26. The van der Waals surface area contributed by atoms with Crippen LogP contribution in [-0.4, -0.2) is 54.1 Å². The fourth-order valence-corrected chi connectivity index (χ4v) is 3.66. The molecule has 0 aromatic carbocycles. The Bertz CT molecular complexity index is 331. The van der Waals surface area contributed by atoms with E-state index >= 15 is 0 Å². The summed E-state index contributed by atoms with van der Waals surface area (Å²) in [4.78, 5) is 17.0. The normalized spacial score (nSPS) is 22.0. The average Bonchev–Trinajstić information content (AvgIpc) is 2.51. The predicted molar refractivity (Wildman–Crippen MR) is 87.4 cm³/mol. The van der Waals surface area contributed by atoms with Crippen molar-refractivity contribution >= 4 is 6.03 Å². The third-order valence-electron chi connectivity index (χ3n) is 4.92. The molecule has 0 aromatic rings. The second-order valence-electron chi connectivity index (χ2n) is 6.39. The smallest absolute Gasteiger partial charge is 0.317 e. The number of urea groups is 1. The van der Waals surface area contributed by atoms with Crippen molar-refractivity contribution in [2.24, 2.45) is 0 Å². The van der Waals surface area contributed by atoms with E-state index in [1.807, 2.05) is 6.08 Å². The summed E-state index contributed by atoms with van der Waals surface area (Å²) in [6.07, 6.45) is 10.3.